The van der Waals surface area contributed by atoms with Crippen molar-refractivity contribution in [1.29, 1.82) is 0 Å². The molecule has 1 aromatic carbocycles. The van der Waals surface area contributed by atoms with E-state index in [1.165, 1.54) is 37.3 Å². The molecule has 5 aromatic rings. The first-order valence-corrected chi connectivity index (χ1v) is 24.4. The molecule has 65 heavy (non-hydrogen) atoms. The Kier molecular flexibility index (Phi) is 12.1. The van der Waals surface area contributed by atoms with Gasteiger partial charge in [-0.05, 0) is 67.1 Å². The molecule has 4 fully saturated rings. The van der Waals surface area contributed by atoms with Gasteiger partial charge < -0.3 is 15.1 Å². The number of rotatable bonds is 13. The number of hydrogen-bond acceptors (Lipinski definition) is 14. The SMILES string of the molecule is CCN(C)S(=O)(=O)Nc1cccc(-c2nc(C(C)(C)C)sc2-c2ccnc(Nc3ccc(N4CCN(CC5CC6(C5)CN(c5ccc([C@H]7CCC(=O)NC7=O)cn5)C6)CC4)cn3)n2)c1F. The van der Waals surface area contributed by atoms with Gasteiger partial charge in [-0.1, -0.05) is 39.8 Å². The molecule has 2 amide bonds. The highest BCUT2D eigenvalue weighted by atomic mass is 32.2. The summed E-state index contributed by atoms with van der Waals surface area (Å²) in [5.41, 5.74) is 2.85. The van der Waals surface area contributed by atoms with Crippen LogP contribution in [-0.2, 0) is 25.2 Å². The van der Waals surface area contributed by atoms with Crippen molar-refractivity contribution in [3.63, 3.8) is 0 Å². The molecule has 1 spiro atoms. The molecule has 4 aliphatic rings. The second kappa shape index (κ2) is 17.6. The molecule has 0 bridgehead atoms. The number of halogens is 1. The number of piperidine rings is 1. The summed E-state index contributed by atoms with van der Waals surface area (Å²) in [6.07, 6.45) is 8.67. The molecular weight excluding hydrogens is 868 g/mol. The fourth-order valence-electron chi connectivity index (χ4n) is 9.32. The third-order valence-corrected chi connectivity index (χ3v) is 16.0. The summed E-state index contributed by atoms with van der Waals surface area (Å²) in [6, 6.07) is 14.3. The third-order valence-electron chi connectivity index (χ3n) is 13.0. The Bertz CT molecular complexity index is 2670. The van der Waals surface area contributed by atoms with Crippen LogP contribution in [0.1, 0.15) is 69.9 Å². The minimum absolute atomic E-state index is 0.155. The Morgan fingerprint density at radius 2 is 1.74 bits per heavy atom. The molecule has 19 heteroatoms. The largest absolute Gasteiger partial charge is 0.368 e. The lowest BCUT2D eigenvalue weighted by atomic mass is 9.57. The normalized spacial score (nSPS) is 19.3. The van der Waals surface area contributed by atoms with Gasteiger partial charge in [0, 0.05) is 94.6 Å². The van der Waals surface area contributed by atoms with Crippen molar-refractivity contribution in [2.45, 2.75) is 64.7 Å². The van der Waals surface area contributed by atoms with E-state index in [0.29, 0.717) is 52.2 Å². The van der Waals surface area contributed by atoms with E-state index in [2.05, 4.69) is 46.1 Å². The van der Waals surface area contributed by atoms with E-state index in [-0.39, 0.29) is 40.9 Å². The zero-order valence-electron chi connectivity index (χ0n) is 37.3. The second-order valence-electron chi connectivity index (χ2n) is 18.8. The fourth-order valence-corrected chi connectivity index (χ4v) is 11.4. The van der Waals surface area contributed by atoms with E-state index in [1.807, 2.05) is 45.2 Å². The Hall–Kier alpha value is -5.63. The van der Waals surface area contributed by atoms with Crippen LogP contribution < -0.4 is 25.2 Å². The molecule has 3 saturated heterocycles. The number of nitrogens with one attached hydrogen (secondary N) is 3. The van der Waals surface area contributed by atoms with Crippen molar-refractivity contribution in [2.75, 3.05) is 79.2 Å². The van der Waals surface area contributed by atoms with Crippen LogP contribution in [0.4, 0.5) is 33.3 Å². The van der Waals surface area contributed by atoms with Crippen molar-refractivity contribution in [2.24, 2.45) is 11.3 Å². The Morgan fingerprint density at radius 3 is 2.42 bits per heavy atom. The molecule has 1 atom stereocenters. The Balaban J connectivity index is 0.775. The molecule has 3 N–H and O–H groups in total. The van der Waals surface area contributed by atoms with Gasteiger partial charge in [0.1, 0.15) is 11.6 Å². The maximum atomic E-state index is 16.2. The van der Waals surface area contributed by atoms with Crippen LogP contribution in [0.5, 0.6) is 0 Å². The smallest absolute Gasteiger partial charge is 0.301 e. The maximum Gasteiger partial charge on any atom is 0.301 e. The quantitative estimate of drug-likeness (QED) is 0.110. The summed E-state index contributed by atoms with van der Waals surface area (Å²) in [5, 5.41) is 6.44. The van der Waals surface area contributed by atoms with Crippen LogP contribution in [0.25, 0.3) is 21.8 Å². The van der Waals surface area contributed by atoms with Gasteiger partial charge in [-0.2, -0.15) is 12.7 Å². The molecule has 4 aromatic heterocycles. The number of benzene rings is 1. The average molecular weight is 923 g/mol. The number of hydrogen-bond donors (Lipinski definition) is 3. The number of carbonyl (C=O) groups excluding carboxylic acids is 2. The van der Waals surface area contributed by atoms with E-state index >= 15 is 4.39 Å². The third kappa shape index (κ3) is 9.41. The monoisotopic (exact) mass is 922 g/mol. The minimum Gasteiger partial charge on any atom is -0.368 e. The molecule has 1 saturated carbocycles. The second-order valence-corrected chi connectivity index (χ2v) is 21.6. The van der Waals surface area contributed by atoms with E-state index in [1.54, 1.807) is 37.5 Å². The number of amides is 2. The zero-order chi connectivity index (χ0) is 45.7. The molecule has 0 unspecified atom stereocenters. The zero-order valence-corrected chi connectivity index (χ0v) is 39.0. The van der Waals surface area contributed by atoms with Crippen LogP contribution in [0.2, 0.25) is 0 Å². The van der Waals surface area contributed by atoms with Crippen LogP contribution in [-0.4, -0.2) is 114 Å². The molecule has 0 radical (unpaired) electrons. The summed E-state index contributed by atoms with van der Waals surface area (Å²) in [4.78, 5) is 55.3. The van der Waals surface area contributed by atoms with Crippen LogP contribution >= 0.6 is 11.3 Å². The predicted octanol–water partition coefficient (Wildman–Crippen LogP) is 6.40. The number of piperazine rings is 1. The molecular formula is C46H55FN12O4S2. The van der Waals surface area contributed by atoms with Crippen molar-refractivity contribution >= 4 is 62.3 Å². The van der Waals surface area contributed by atoms with Crippen molar-refractivity contribution in [3.8, 4) is 21.8 Å². The van der Waals surface area contributed by atoms with Gasteiger partial charge in [-0.15, -0.1) is 11.3 Å². The van der Waals surface area contributed by atoms with Crippen molar-refractivity contribution in [3.05, 3.63) is 83.5 Å². The van der Waals surface area contributed by atoms with Gasteiger partial charge in [-0.3, -0.25) is 24.5 Å². The summed E-state index contributed by atoms with van der Waals surface area (Å²) in [7, 11) is -2.53. The highest BCUT2D eigenvalue weighted by Crippen LogP contribution is 2.53. The lowest BCUT2D eigenvalue weighted by Crippen LogP contribution is -2.64. The molecule has 342 valence electrons. The fraction of sp³-hybridized carbons (Fsp3) is 0.457. The van der Waals surface area contributed by atoms with Crippen LogP contribution in [0, 0.1) is 17.2 Å². The van der Waals surface area contributed by atoms with Gasteiger partial charge >= 0.3 is 10.2 Å². The lowest BCUT2D eigenvalue weighted by Gasteiger charge is -2.60. The summed E-state index contributed by atoms with van der Waals surface area (Å²) >= 11 is 1.41. The highest BCUT2D eigenvalue weighted by Gasteiger charge is 2.52. The number of anilines is 5. The Labute approximate surface area is 383 Å². The number of aromatic nitrogens is 5. The van der Waals surface area contributed by atoms with Gasteiger partial charge in [-0.25, -0.2) is 29.3 Å². The van der Waals surface area contributed by atoms with Gasteiger partial charge in [0.25, 0.3) is 0 Å². The van der Waals surface area contributed by atoms with Crippen LogP contribution in [0.3, 0.4) is 0 Å². The summed E-state index contributed by atoms with van der Waals surface area (Å²) in [5.74, 6) is 1.09. The number of imide groups is 1. The van der Waals surface area contributed by atoms with Crippen molar-refractivity contribution in [1.82, 2.24) is 39.4 Å². The molecule has 3 aliphatic heterocycles. The Morgan fingerprint density at radius 1 is 0.954 bits per heavy atom. The van der Waals surface area contributed by atoms with Gasteiger partial charge in [0.05, 0.1) is 44.8 Å². The van der Waals surface area contributed by atoms with E-state index in [4.69, 9.17) is 15.0 Å². The molecule has 7 heterocycles. The van der Waals surface area contributed by atoms with Crippen molar-refractivity contribution < 1.29 is 22.4 Å². The number of nitrogens with zero attached hydrogens (tertiary/aromatic N) is 9. The molecule has 16 nitrogen and oxygen atoms in total. The predicted molar refractivity (Wildman–Crippen MR) is 251 cm³/mol. The number of thiazole rings is 1. The first-order valence-electron chi connectivity index (χ1n) is 22.2. The first kappa shape index (κ1) is 44.6. The first-order chi connectivity index (χ1) is 31.1. The number of carbonyl (C=O) groups is 2. The van der Waals surface area contributed by atoms with Gasteiger partial charge in [0.15, 0.2) is 5.82 Å². The summed E-state index contributed by atoms with van der Waals surface area (Å²) < 4.78 is 45.2. The van der Waals surface area contributed by atoms with Crippen LogP contribution in [0.15, 0.2) is 67.1 Å². The van der Waals surface area contributed by atoms with E-state index in [9.17, 15) is 18.0 Å². The maximum absolute atomic E-state index is 16.2. The highest BCUT2D eigenvalue weighted by molar-refractivity contribution is 7.90. The summed E-state index contributed by atoms with van der Waals surface area (Å²) in [6.45, 7) is 15.0. The molecule has 9 rings (SSSR count). The standard InChI is InChI=1S/C46H55FN12O4S2/c1-6-56(5)65(62,63)55-34-9-7-8-33(39(34)47)40-41(64-43(54-40)45(2,3)4)35-16-17-48-44(51-35)52-36-13-11-31(25-49-36)58-20-18-57(19-21-58)26-29-22-46(23-29)27-59(28-46)37-14-10-30(24-50-37)32-12-15-38(60)53-42(32)61/h7-11,13-14,16-17,24-25,29,32,55H,6,12,15,18-23,26-28H2,1-5H3,(H,53,60,61)(H,48,49,51,52)/t32-/m1/s1. The lowest BCUT2D eigenvalue weighted by molar-refractivity contribution is -0.134. The number of pyridine rings is 2. The van der Waals surface area contributed by atoms with E-state index in [0.717, 1.165) is 72.2 Å². The minimum atomic E-state index is -3.96. The molecule has 1 aliphatic carbocycles. The average Bonchev–Trinajstić information content (AvgIpc) is 3.72. The van der Waals surface area contributed by atoms with E-state index < -0.39 is 16.0 Å². The topological polar surface area (TPSA) is 182 Å². The van der Waals surface area contributed by atoms with Gasteiger partial charge in [0.2, 0.25) is 17.8 Å².